The van der Waals surface area contributed by atoms with Crippen LogP contribution in [0.25, 0.3) is 11.0 Å². The number of carbonyl (C=O) groups is 2. The van der Waals surface area contributed by atoms with Gasteiger partial charge in [0.1, 0.15) is 18.1 Å². The van der Waals surface area contributed by atoms with Crippen molar-refractivity contribution in [3.8, 4) is 0 Å². The lowest BCUT2D eigenvalue weighted by Gasteiger charge is -2.36. The molecule has 0 bridgehead atoms. The summed E-state index contributed by atoms with van der Waals surface area (Å²) in [7, 11) is 0. The largest absolute Gasteiger partial charge is 0.376 e. The first-order chi connectivity index (χ1) is 16.8. The first kappa shape index (κ1) is 24.9. The average molecular weight is 478 g/mol. The lowest BCUT2D eigenvalue weighted by atomic mass is 9.95. The lowest BCUT2D eigenvalue weighted by Crippen LogP contribution is -2.52. The highest BCUT2D eigenvalue weighted by Crippen LogP contribution is 2.28. The molecule has 2 unspecified atom stereocenters. The van der Waals surface area contributed by atoms with Crippen LogP contribution in [0, 0.1) is 6.92 Å². The third kappa shape index (κ3) is 5.70. The summed E-state index contributed by atoms with van der Waals surface area (Å²) >= 11 is 0. The number of nitrogens with one attached hydrogen (secondary N) is 1. The minimum Gasteiger partial charge on any atom is -0.376 e. The van der Waals surface area contributed by atoms with Gasteiger partial charge >= 0.3 is 0 Å². The second kappa shape index (κ2) is 10.6. The number of amides is 2. The van der Waals surface area contributed by atoms with Crippen LogP contribution in [0.2, 0.25) is 0 Å². The molecule has 0 saturated carbocycles. The van der Waals surface area contributed by atoms with Gasteiger partial charge in [0.15, 0.2) is 0 Å². The second-order valence-corrected chi connectivity index (χ2v) is 9.90. The molecule has 0 aliphatic carbocycles. The maximum absolute atomic E-state index is 13.9. The Kier molecular flexibility index (Phi) is 7.50. The third-order valence-electron chi connectivity index (χ3n) is 6.84. The van der Waals surface area contributed by atoms with E-state index in [2.05, 4.69) is 15.6 Å². The van der Waals surface area contributed by atoms with Gasteiger partial charge in [-0.2, -0.15) is 0 Å². The predicted octanol–water partition coefficient (Wildman–Crippen LogP) is 3.79. The average Bonchev–Trinajstić information content (AvgIpc) is 3.50. The fourth-order valence-corrected chi connectivity index (χ4v) is 4.45. The molecule has 1 N–H and O–H groups in total. The SMILES string of the molecule is CCC(C)(C)NC(=O)C(c1ccccc1C)N(CC1CCCO1)C(=O)Cn1nnc2ccccc21. The summed E-state index contributed by atoms with van der Waals surface area (Å²) in [6, 6.07) is 14.5. The van der Waals surface area contributed by atoms with Gasteiger partial charge in [0, 0.05) is 18.7 Å². The number of fused-ring (bicyclic) bond motifs is 1. The number of carbonyl (C=O) groups excluding carboxylic acids is 2. The van der Waals surface area contributed by atoms with Crippen LogP contribution < -0.4 is 5.32 Å². The van der Waals surface area contributed by atoms with E-state index in [1.807, 2.05) is 76.2 Å². The molecule has 1 fully saturated rings. The number of benzene rings is 2. The van der Waals surface area contributed by atoms with Gasteiger partial charge in [-0.15, -0.1) is 5.10 Å². The van der Waals surface area contributed by atoms with E-state index in [4.69, 9.17) is 4.74 Å². The summed E-state index contributed by atoms with van der Waals surface area (Å²) in [5.41, 5.74) is 2.87. The van der Waals surface area contributed by atoms with E-state index in [0.29, 0.717) is 13.2 Å². The predicted molar refractivity (Wildman–Crippen MR) is 135 cm³/mol. The molecular weight excluding hydrogens is 442 g/mol. The van der Waals surface area contributed by atoms with E-state index < -0.39 is 11.6 Å². The van der Waals surface area contributed by atoms with Gasteiger partial charge < -0.3 is 15.0 Å². The number of aromatic nitrogens is 3. The Morgan fingerprint density at radius 1 is 1.20 bits per heavy atom. The summed E-state index contributed by atoms with van der Waals surface area (Å²) in [6.07, 6.45) is 2.47. The molecule has 0 radical (unpaired) electrons. The van der Waals surface area contributed by atoms with Crippen molar-refractivity contribution in [2.24, 2.45) is 0 Å². The van der Waals surface area contributed by atoms with Gasteiger partial charge in [-0.25, -0.2) is 4.68 Å². The van der Waals surface area contributed by atoms with Gasteiger partial charge in [0.2, 0.25) is 11.8 Å². The quantitative estimate of drug-likeness (QED) is 0.506. The standard InChI is InChI=1S/C27H35N5O3/c1-5-27(3,4)28-26(34)25(21-13-7-6-11-19(21)2)31(17-20-12-10-16-35-20)24(33)18-32-23-15-9-8-14-22(23)29-30-32/h6-9,11,13-15,20,25H,5,10,12,16-18H2,1-4H3,(H,28,34). The molecule has 1 aliphatic rings. The van der Waals surface area contributed by atoms with Crippen molar-refractivity contribution in [3.05, 3.63) is 59.7 Å². The summed E-state index contributed by atoms with van der Waals surface area (Å²) < 4.78 is 7.50. The van der Waals surface area contributed by atoms with Gasteiger partial charge in [0.05, 0.1) is 11.6 Å². The Labute approximate surface area is 206 Å². The normalized spacial score (nSPS) is 16.9. The van der Waals surface area contributed by atoms with Crippen LogP contribution in [-0.4, -0.2) is 56.5 Å². The highest BCUT2D eigenvalue weighted by atomic mass is 16.5. The fourth-order valence-electron chi connectivity index (χ4n) is 4.45. The minimum atomic E-state index is -0.784. The maximum Gasteiger partial charge on any atom is 0.247 e. The Morgan fingerprint density at radius 3 is 2.66 bits per heavy atom. The topological polar surface area (TPSA) is 89.4 Å². The van der Waals surface area contributed by atoms with E-state index in [9.17, 15) is 9.59 Å². The number of hydrogen-bond acceptors (Lipinski definition) is 5. The first-order valence-corrected chi connectivity index (χ1v) is 12.4. The van der Waals surface area contributed by atoms with Crippen LogP contribution in [0.4, 0.5) is 0 Å². The molecule has 8 nitrogen and oxygen atoms in total. The number of para-hydroxylation sites is 1. The van der Waals surface area contributed by atoms with Crippen molar-refractivity contribution in [1.29, 1.82) is 0 Å². The van der Waals surface area contributed by atoms with E-state index >= 15 is 0 Å². The van der Waals surface area contributed by atoms with E-state index in [1.165, 1.54) is 0 Å². The first-order valence-electron chi connectivity index (χ1n) is 12.4. The monoisotopic (exact) mass is 477 g/mol. The summed E-state index contributed by atoms with van der Waals surface area (Å²) in [5.74, 6) is -0.394. The summed E-state index contributed by atoms with van der Waals surface area (Å²) in [5, 5.41) is 11.6. The van der Waals surface area contributed by atoms with Gasteiger partial charge in [-0.05, 0) is 63.3 Å². The Balaban J connectivity index is 1.72. The van der Waals surface area contributed by atoms with E-state index in [-0.39, 0.29) is 24.5 Å². The molecule has 1 saturated heterocycles. The molecule has 1 aromatic heterocycles. The molecule has 2 heterocycles. The summed E-state index contributed by atoms with van der Waals surface area (Å²) in [6.45, 7) is 8.99. The zero-order chi connectivity index (χ0) is 25.0. The highest BCUT2D eigenvalue weighted by molar-refractivity contribution is 5.90. The fraction of sp³-hybridized carbons (Fsp3) is 0.481. The van der Waals surface area contributed by atoms with Crippen molar-refractivity contribution < 1.29 is 14.3 Å². The molecule has 2 amide bonds. The Morgan fingerprint density at radius 2 is 1.94 bits per heavy atom. The molecule has 3 aromatic rings. The zero-order valence-electron chi connectivity index (χ0n) is 21.0. The maximum atomic E-state index is 13.9. The number of hydrogen-bond donors (Lipinski definition) is 1. The van der Waals surface area contributed by atoms with Crippen LogP contribution >= 0.6 is 0 Å². The Bertz CT molecular complexity index is 1180. The molecule has 8 heteroatoms. The number of rotatable bonds is 9. The molecule has 2 aromatic carbocycles. The van der Waals surface area contributed by atoms with Gasteiger partial charge in [0.25, 0.3) is 0 Å². The van der Waals surface area contributed by atoms with E-state index in [1.54, 1.807) is 9.58 Å². The molecule has 1 aliphatic heterocycles. The highest BCUT2D eigenvalue weighted by Gasteiger charge is 2.36. The van der Waals surface area contributed by atoms with Crippen molar-refractivity contribution in [1.82, 2.24) is 25.2 Å². The van der Waals surface area contributed by atoms with Crippen LogP contribution in [0.15, 0.2) is 48.5 Å². The van der Waals surface area contributed by atoms with Gasteiger partial charge in [-0.3, -0.25) is 9.59 Å². The number of ether oxygens (including phenoxy) is 1. The molecule has 0 spiro atoms. The van der Waals surface area contributed by atoms with Gasteiger partial charge in [-0.1, -0.05) is 48.5 Å². The molecule has 35 heavy (non-hydrogen) atoms. The minimum absolute atomic E-state index is 0.0138. The lowest BCUT2D eigenvalue weighted by molar-refractivity contribution is -0.144. The van der Waals surface area contributed by atoms with Crippen LogP contribution in [0.1, 0.15) is 57.2 Å². The van der Waals surface area contributed by atoms with Crippen LogP contribution in [0.3, 0.4) is 0 Å². The van der Waals surface area contributed by atoms with Crippen LogP contribution in [-0.2, 0) is 20.9 Å². The molecule has 2 atom stereocenters. The number of aryl methyl sites for hydroxylation is 1. The third-order valence-corrected chi connectivity index (χ3v) is 6.84. The molecular formula is C27H35N5O3. The zero-order valence-corrected chi connectivity index (χ0v) is 21.0. The van der Waals surface area contributed by atoms with Crippen molar-refractivity contribution in [2.75, 3.05) is 13.2 Å². The number of nitrogens with zero attached hydrogens (tertiary/aromatic N) is 4. The van der Waals surface area contributed by atoms with Crippen molar-refractivity contribution >= 4 is 22.8 Å². The van der Waals surface area contributed by atoms with Crippen molar-refractivity contribution in [3.63, 3.8) is 0 Å². The Hall–Kier alpha value is -3.26. The molecule has 4 rings (SSSR count). The summed E-state index contributed by atoms with van der Waals surface area (Å²) in [4.78, 5) is 29.4. The van der Waals surface area contributed by atoms with Crippen LogP contribution in [0.5, 0.6) is 0 Å². The van der Waals surface area contributed by atoms with E-state index in [0.717, 1.165) is 41.4 Å². The second-order valence-electron chi connectivity index (χ2n) is 9.90. The smallest absolute Gasteiger partial charge is 0.247 e. The molecule has 186 valence electrons. The van der Waals surface area contributed by atoms with Crippen molar-refractivity contribution in [2.45, 2.75) is 71.2 Å².